The highest BCUT2D eigenvalue weighted by atomic mass is 79.9. The summed E-state index contributed by atoms with van der Waals surface area (Å²) in [5, 5.41) is 8.60. The van der Waals surface area contributed by atoms with Gasteiger partial charge in [0.2, 0.25) is 0 Å². The average molecular weight is 247 g/mol. The van der Waals surface area contributed by atoms with E-state index in [1.165, 1.54) is 0 Å². The molecule has 0 aliphatic carbocycles. The Morgan fingerprint density at radius 1 is 1.62 bits per heavy atom. The molecule has 0 saturated carbocycles. The Morgan fingerprint density at radius 3 is 2.69 bits per heavy atom. The summed E-state index contributed by atoms with van der Waals surface area (Å²) in [5.41, 5.74) is 0.217. The van der Waals surface area contributed by atoms with Gasteiger partial charge in [0, 0.05) is 0 Å². The third-order valence-corrected chi connectivity index (χ3v) is 2.49. The summed E-state index contributed by atoms with van der Waals surface area (Å²) in [6.07, 6.45) is -2.64. The van der Waals surface area contributed by atoms with Crippen molar-refractivity contribution < 1.29 is 8.78 Å². The number of alkyl halides is 2. The van der Waals surface area contributed by atoms with Crippen molar-refractivity contribution in [1.29, 1.82) is 5.26 Å². The number of aryl methyl sites for hydroxylation is 1. The Hall–Kier alpha value is -1.02. The van der Waals surface area contributed by atoms with E-state index in [0.717, 1.165) is 6.07 Å². The van der Waals surface area contributed by atoms with Crippen molar-refractivity contribution in [1.82, 2.24) is 4.98 Å². The van der Waals surface area contributed by atoms with E-state index in [4.69, 9.17) is 5.26 Å². The lowest BCUT2D eigenvalue weighted by Crippen LogP contribution is -1.96. The zero-order valence-electron chi connectivity index (χ0n) is 6.68. The largest absolute Gasteiger partial charge is 0.280 e. The maximum absolute atomic E-state index is 12.2. The quantitative estimate of drug-likeness (QED) is 0.764. The van der Waals surface area contributed by atoms with Gasteiger partial charge in [-0.25, -0.2) is 8.78 Å². The highest BCUT2D eigenvalue weighted by Gasteiger charge is 2.13. The molecular weight excluding hydrogens is 242 g/mol. The van der Waals surface area contributed by atoms with Crippen LogP contribution in [0.3, 0.4) is 0 Å². The fraction of sp³-hybridized carbons (Fsp3) is 0.250. The van der Waals surface area contributed by atoms with Gasteiger partial charge in [0.25, 0.3) is 6.43 Å². The molecule has 2 nitrogen and oxygen atoms in total. The summed E-state index contributed by atoms with van der Waals surface area (Å²) in [7, 11) is 0. The van der Waals surface area contributed by atoms with E-state index in [1.54, 1.807) is 6.92 Å². The van der Waals surface area contributed by atoms with Gasteiger partial charge in [-0.05, 0) is 28.9 Å². The second-order valence-corrected chi connectivity index (χ2v) is 3.20. The van der Waals surface area contributed by atoms with Crippen LogP contribution < -0.4 is 0 Å². The van der Waals surface area contributed by atoms with Gasteiger partial charge in [-0.15, -0.1) is 0 Å². The molecule has 1 aromatic rings. The molecule has 0 spiro atoms. The summed E-state index contributed by atoms with van der Waals surface area (Å²) in [4.78, 5) is 3.63. The molecule has 0 aromatic carbocycles. The Labute approximate surface area is 82.3 Å². The molecule has 1 rings (SSSR count). The van der Waals surface area contributed by atoms with E-state index < -0.39 is 6.43 Å². The summed E-state index contributed by atoms with van der Waals surface area (Å²) in [6, 6.07) is 2.90. The number of rotatable bonds is 1. The molecule has 0 N–H and O–H groups in total. The number of halogens is 3. The Balaban J connectivity index is 3.32. The van der Waals surface area contributed by atoms with Gasteiger partial charge in [-0.1, -0.05) is 0 Å². The van der Waals surface area contributed by atoms with Crippen molar-refractivity contribution in [3.05, 3.63) is 27.5 Å². The number of aromatic nitrogens is 1. The molecule has 0 radical (unpaired) electrons. The van der Waals surface area contributed by atoms with Crippen LogP contribution in [0.1, 0.15) is 23.4 Å². The molecule has 1 aromatic heterocycles. The molecule has 0 atom stereocenters. The molecule has 0 bridgehead atoms. The van der Waals surface area contributed by atoms with Crippen molar-refractivity contribution in [2.24, 2.45) is 0 Å². The van der Waals surface area contributed by atoms with Crippen LogP contribution in [0.5, 0.6) is 0 Å². The van der Waals surface area contributed by atoms with Crippen LogP contribution in [0, 0.1) is 18.3 Å². The van der Waals surface area contributed by atoms with Gasteiger partial charge in [0.15, 0.2) is 0 Å². The van der Waals surface area contributed by atoms with Crippen LogP contribution in [0.2, 0.25) is 0 Å². The van der Waals surface area contributed by atoms with Crippen LogP contribution in [-0.2, 0) is 0 Å². The standard InChI is InChI=1S/C8H5BrF2N2/c1-4-7(9)5(3-12)2-6(13-4)8(10)11/h2,8H,1H3. The van der Waals surface area contributed by atoms with Gasteiger partial charge < -0.3 is 0 Å². The second kappa shape index (κ2) is 3.79. The molecule has 5 heteroatoms. The van der Waals surface area contributed by atoms with E-state index in [0.29, 0.717) is 10.2 Å². The van der Waals surface area contributed by atoms with Gasteiger partial charge in [-0.3, -0.25) is 4.98 Å². The molecule has 0 aliphatic rings. The zero-order valence-corrected chi connectivity index (χ0v) is 8.27. The molecule has 0 amide bonds. The van der Waals surface area contributed by atoms with Gasteiger partial charge in [-0.2, -0.15) is 5.26 Å². The van der Waals surface area contributed by atoms with Crippen LogP contribution >= 0.6 is 15.9 Å². The predicted octanol–water partition coefficient (Wildman–Crippen LogP) is 2.96. The van der Waals surface area contributed by atoms with Crippen molar-refractivity contribution in [2.75, 3.05) is 0 Å². The first kappa shape index (κ1) is 10.1. The Bertz CT molecular complexity index is 371. The molecule has 0 fully saturated rings. The molecule has 0 saturated heterocycles. The highest BCUT2D eigenvalue weighted by Crippen LogP contribution is 2.24. The summed E-state index contributed by atoms with van der Waals surface area (Å²) >= 11 is 3.09. The maximum atomic E-state index is 12.2. The first-order chi connectivity index (χ1) is 6.06. The van der Waals surface area contributed by atoms with E-state index in [-0.39, 0.29) is 11.3 Å². The smallest absolute Gasteiger partial charge is 0.251 e. The van der Waals surface area contributed by atoms with Crippen molar-refractivity contribution in [3.8, 4) is 6.07 Å². The van der Waals surface area contributed by atoms with Crippen LogP contribution in [0.15, 0.2) is 10.5 Å². The number of hydrogen-bond donors (Lipinski definition) is 0. The maximum Gasteiger partial charge on any atom is 0.280 e. The Kier molecular flexibility index (Phi) is 2.94. The first-order valence-electron chi connectivity index (χ1n) is 3.41. The van der Waals surface area contributed by atoms with E-state index in [9.17, 15) is 8.78 Å². The van der Waals surface area contributed by atoms with Gasteiger partial charge in [0.05, 0.1) is 15.7 Å². The predicted molar refractivity (Wildman–Crippen MR) is 46.3 cm³/mol. The first-order valence-corrected chi connectivity index (χ1v) is 4.21. The SMILES string of the molecule is Cc1nc(C(F)F)cc(C#N)c1Br. The third kappa shape index (κ3) is 2.01. The molecule has 68 valence electrons. The number of hydrogen-bond acceptors (Lipinski definition) is 2. The molecule has 0 unspecified atom stereocenters. The topological polar surface area (TPSA) is 36.7 Å². The second-order valence-electron chi connectivity index (χ2n) is 2.41. The van der Waals surface area contributed by atoms with Crippen molar-refractivity contribution >= 4 is 15.9 Å². The van der Waals surface area contributed by atoms with E-state index in [1.807, 2.05) is 6.07 Å². The van der Waals surface area contributed by atoms with Crippen molar-refractivity contribution in [3.63, 3.8) is 0 Å². The average Bonchev–Trinajstić information content (AvgIpc) is 2.09. The summed E-state index contributed by atoms with van der Waals surface area (Å²) < 4.78 is 24.9. The summed E-state index contributed by atoms with van der Waals surface area (Å²) in [5.74, 6) is 0. The fourth-order valence-corrected chi connectivity index (χ4v) is 1.17. The lowest BCUT2D eigenvalue weighted by Gasteiger charge is -2.03. The fourth-order valence-electron chi connectivity index (χ4n) is 0.874. The third-order valence-electron chi connectivity index (χ3n) is 1.49. The minimum atomic E-state index is -2.64. The molecule has 1 heterocycles. The van der Waals surface area contributed by atoms with E-state index >= 15 is 0 Å². The minimum Gasteiger partial charge on any atom is -0.251 e. The lowest BCUT2D eigenvalue weighted by atomic mass is 10.2. The number of nitrogens with zero attached hydrogens (tertiary/aromatic N) is 2. The molecular formula is C8H5BrF2N2. The van der Waals surface area contributed by atoms with Gasteiger partial charge >= 0.3 is 0 Å². The van der Waals surface area contributed by atoms with Gasteiger partial charge in [0.1, 0.15) is 11.8 Å². The molecule has 13 heavy (non-hydrogen) atoms. The van der Waals surface area contributed by atoms with Crippen LogP contribution in [-0.4, -0.2) is 4.98 Å². The zero-order chi connectivity index (χ0) is 10.0. The number of nitriles is 1. The van der Waals surface area contributed by atoms with Crippen LogP contribution in [0.4, 0.5) is 8.78 Å². The Morgan fingerprint density at radius 2 is 2.23 bits per heavy atom. The van der Waals surface area contributed by atoms with E-state index in [2.05, 4.69) is 20.9 Å². The van der Waals surface area contributed by atoms with Crippen molar-refractivity contribution in [2.45, 2.75) is 13.3 Å². The monoisotopic (exact) mass is 246 g/mol. The highest BCUT2D eigenvalue weighted by molar-refractivity contribution is 9.10. The number of pyridine rings is 1. The molecule has 0 aliphatic heterocycles. The minimum absolute atomic E-state index is 0.183. The summed E-state index contributed by atoms with van der Waals surface area (Å²) in [6.45, 7) is 1.57. The lowest BCUT2D eigenvalue weighted by molar-refractivity contribution is 0.146. The normalized spacial score (nSPS) is 10.2. The van der Waals surface area contributed by atoms with Crippen LogP contribution in [0.25, 0.3) is 0 Å².